The predicted octanol–water partition coefficient (Wildman–Crippen LogP) is 2.37. The second-order valence-corrected chi connectivity index (χ2v) is 8.19. The highest BCUT2D eigenvalue weighted by Crippen LogP contribution is 2.59. The van der Waals surface area contributed by atoms with Crippen LogP contribution in [0.4, 0.5) is 0 Å². The van der Waals surface area contributed by atoms with Gasteiger partial charge in [0.2, 0.25) is 5.91 Å². The van der Waals surface area contributed by atoms with Gasteiger partial charge in [-0.05, 0) is 17.4 Å². The number of hydrogen-bond donors (Lipinski definition) is 1. The molecule has 0 saturated heterocycles. The zero-order valence-corrected chi connectivity index (χ0v) is 15.8. The number of carbonyl (C=O) groups excluding carboxylic acids is 1. The van der Waals surface area contributed by atoms with E-state index in [0.717, 1.165) is 25.1 Å². The van der Waals surface area contributed by atoms with Gasteiger partial charge < -0.3 is 14.6 Å². The topological polar surface area (TPSA) is 75.4 Å². The van der Waals surface area contributed by atoms with Crippen molar-refractivity contribution in [2.45, 2.75) is 39.8 Å². The standard InChI is InChI=1S/C21H25N3O3/c1-21(2)17(18(21)20(26)27)19(25)23-11-9-16-15(12-23)22-13-24(16)10-8-14-6-4-3-5-7-14/h3-7,13,17-18H,8-12H2,1-2H3,(H,26,27)/t17-,18+/m1/s1. The van der Waals surface area contributed by atoms with Crippen molar-refractivity contribution >= 4 is 11.9 Å². The Labute approximate surface area is 158 Å². The minimum Gasteiger partial charge on any atom is -0.481 e. The molecule has 4 rings (SSSR count). The summed E-state index contributed by atoms with van der Waals surface area (Å²) in [6.07, 6.45) is 3.58. The maximum atomic E-state index is 12.8. The summed E-state index contributed by atoms with van der Waals surface area (Å²) in [5.41, 5.74) is 2.97. The van der Waals surface area contributed by atoms with Gasteiger partial charge in [-0.15, -0.1) is 0 Å². The number of amides is 1. The van der Waals surface area contributed by atoms with E-state index in [2.05, 4.69) is 21.7 Å². The largest absolute Gasteiger partial charge is 0.481 e. The summed E-state index contributed by atoms with van der Waals surface area (Å²) < 4.78 is 2.19. The van der Waals surface area contributed by atoms with Gasteiger partial charge >= 0.3 is 5.97 Å². The highest BCUT2D eigenvalue weighted by Gasteiger charge is 2.66. The SMILES string of the molecule is CC1(C)[C@H](C(=O)O)[C@@H]1C(=O)N1CCc2c(ncn2CCc2ccccc2)C1. The molecule has 2 atom stereocenters. The lowest BCUT2D eigenvalue weighted by molar-refractivity contribution is -0.142. The van der Waals surface area contributed by atoms with Crippen molar-refractivity contribution in [3.05, 3.63) is 53.6 Å². The Bertz CT molecular complexity index is 872. The maximum absolute atomic E-state index is 12.8. The number of carboxylic acids is 1. The van der Waals surface area contributed by atoms with E-state index in [1.54, 1.807) is 4.90 Å². The lowest BCUT2D eigenvalue weighted by Crippen LogP contribution is -2.38. The number of aryl methyl sites for hydroxylation is 2. The fraction of sp³-hybridized carbons (Fsp3) is 0.476. The van der Waals surface area contributed by atoms with Crippen LogP contribution in [0.1, 0.15) is 30.8 Å². The summed E-state index contributed by atoms with van der Waals surface area (Å²) in [4.78, 5) is 30.5. The van der Waals surface area contributed by atoms with Gasteiger partial charge in [0, 0.05) is 25.2 Å². The van der Waals surface area contributed by atoms with Gasteiger partial charge in [0.1, 0.15) is 0 Å². The first kappa shape index (κ1) is 17.8. The zero-order valence-electron chi connectivity index (χ0n) is 15.8. The molecule has 27 heavy (non-hydrogen) atoms. The number of carboxylic acid groups (broad SMARTS) is 1. The van der Waals surface area contributed by atoms with E-state index >= 15 is 0 Å². The third kappa shape index (κ3) is 3.13. The fourth-order valence-corrected chi connectivity index (χ4v) is 4.40. The summed E-state index contributed by atoms with van der Waals surface area (Å²) in [5, 5.41) is 9.33. The lowest BCUT2D eigenvalue weighted by Gasteiger charge is -2.28. The summed E-state index contributed by atoms with van der Waals surface area (Å²) >= 11 is 0. The van der Waals surface area contributed by atoms with Crippen LogP contribution in [0, 0.1) is 17.3 Å². The first-order chi connectivity index (χ1) is 12.9. The van der Waals surface area contributed by atoms with Gasteiger partial charge in [-0.2, -0.15) is 0 Å². The molecule has 142 valence electrons. The molecule has 2 aliphatic rings. The van der Waals surface area contributed by atoms with Gasteiger partial charge in [-0.25, -0.2) is 4.98 Å². The summed E-state index contributed by atoms with van der Waals surface area (Å²) in [6, 6.07) is 10.4. The van der Waals surface area contributed by atoms with E-state index in [9.17, 15) is 14.7 Å². The van der Waals surface area contributed by atoms with Crippen LogP contribution >= 0.6 is 0 Å². The summed E-state index contributed by atoms with van der Waals surface area (Å²) in [7, 11) is 0. The molecule has 1 aromatic carbocycles. The number of hydrogen-bond acceptors (Lipinski definition) is 3. The minimum atomic E-state index is -0.874. The zero-order chi connectivity index (χ0) is 19.2. The van der Waals surface area contributed by atoms with Gasteiger partial charge in [0.15, 0.2) is 0 Å². The molecule has 1 fully saturated rings. The fourth-order valence-electron chi connectivity index (χ4n) is 4.40. The molecule has 0 radical (unpaired) electrons. The van der Waals surface area contributed by atoms with Gasteiger partial charge in [-0.3, -0.25) is 9.59 Å². The Balaban J connectivity index is 1.42. The molecule has 1 aromatic heterocycles. The number of imidazole rings is 1. The van der Waals surface area contributed by atoms with Gasteiger partial charge in [-0.1, -0.05) is 44.2 Å². The normalized spacial score (nSPS) is 23.0. The van der Waals surface area contributed by atoms with Crippen molar-refractivity contribution < 1.29 is 14.7 Å². The smallest absolute Gasteiger partial charge is 0.307 e. The van der Waals surface area contributed by atoms with Crippen molar-refractivity contribution in [2.24, 2.45) is 17.3 Å². The van der Waals surface area contributed by atoms with E-state index in [1.165, 1.54) is 11.3 Å². The second kappa shape index (κ2) is 6.51. The molecule has 0 unspecified atom stereocenters. The first-order valence-corrected chi connectivity index (χ1v) is 9.48. The quantitative estimate of drug-likeness (QED) is 0.880. The number of aliphatic carboxylic acids is 1. The Morgan fingerprint density at radius 2 is 1.96 bits per heavy atom. The monoisotopic (exact) mass is 367 g/mol. The Kier molecular flexibility index (Phi) is 4.29. The molecule has 6 heteroatoms. The third-order valence-corrected chi connectivity index (χ3v) is 6.15. The molecule has 1 aliphatic carbocycles. The van der Waals surface area contributed by atoms with E-state index in [0.29, 0.717) is 13.1 Å². The van der Waals surface area contributed by atoms with Crippen LogP contribution < -0.4 is 0 Å². The molecular weight excluding hydrogens is 342 g/mol. The van der Waals surface area contributed by atoms with Crippen LogP contribution in [0.3, 0.4) is 0 Å². The van der Waals surface area contributed by atoms with Crippen molar-refractivity contribution in [3.8, 4) is 0 Å². The number of aromatic nitrogens is 2. The van der Waals surface area contributed by atoms with Gasteiger partial charge in [0.25, 0.3) is 0 Å². The molecule has 1 saturated carbocycles. The number of carbonyl (C=O) groups is 2. The first-order valence-electron chi connectivity index (χ1n) is 9.48. The maximum Gasteiger partial charge on any atom is 0.307 e. The van der Waals surface area contributed by atoms with Crippen LogP contribution in [0.5, 0.6) is 0 Å². The van der Waals surface area contributed by atoms with Crippen LogP contribution in [-0.2, 0) is 35.5 Å². The summed E-state index contributed by atoms with van der Waals surface area (Å²) in [5.74, 6) is -1.91. The Morgan fingerprint density at radius 3 is 2.63 bits per heavy atom. The van der Waals surface area contributed by atoms with Crippen LogP contribution in [-0.4, -0.2) is 38.0 Å². The summed E-state index contributed by atoms with van der Waals surface area (Å²) in [6.45, 7) is 5.70. The van der Waals surface area contributed by atoms with E-state index in [1.807, 2.05) is 38.4 Å². The van der Waals surface area contributed by atoms with Crippen LogP contribution in [0.25, 0.3) is 0 Å². The second-order valence-electron chi connectivity index (χ2n) is 8.19. The molecule has 2 aromatic rings. The molecule has 6 nitrogen and oxygen atoms in total. The lowest BCUT2D eigenvalue weighted by atomic mass is 10.1. The van der Waals surface area contributed by atoms with Crippen molar-refractivity contribution in [2.75, 3.05) is 6.54 Å². The molecule has 0 spiro atoms. The molecule has 1 amide bonds. The number of fused-ring (bicyclic) bond motifs is 1. The van der Waals surface area contributed by atoms with Crippen LogP contribution in [0.15, 0.2) is 36.7 Å². The Hall–Kier alpha value is -2.63. The number of nitrogens with zero attached hydrogens (tertiary/aromatic N) is 3. The molecule has 1 aliphatic heterocycles. The van der Waals surface area contributed by atoms with E-state index < -0.39 is 23.2 Å². The molecule has 0 bridgehead atoms. The minimum absolute atomic E-state index is 0.0446. The Morgan fingerprint density at radius 1 is 1.22 bits per heavy atom. The van der Waals surface area contributed by atoms with Crippen molar-refractivity contribution in [1.29, 1.82) is 0 Å². The highest BCUT2D eigenvalue weighted by molar-refractivity contribution is 5.91. The average molecular weight is 367 g/mol. The molecular formula is C21H25N3O3. The van der Waals surface area contributed by atoms with Crippen molar-refractivity contribution in [3.63, 3.8) is 0 Å². The van der Waals surface area contributed by atoms with E-state index in [-0.39, 0.29) is 5.91 Å². The predicted molar refractivity (Wildman–Crippen MR) is 99.9 cm³/mol. The van der Waals surface area contributed by atoms with E-state index in [4.69, 9.17) is 0 Å². The van der Waals surface area contributed by atoms with Gasteiger partial charge in [0.05, 0.1) is 30.4 Å². The molecule has 1 N–H and O–H groups in total. The third-order valence-electron chi connectivity index (χ3n) is 6.15. The average Bonchev–Trinajstić information content (AvgIpc) is 3.03. The molecule has 2 heterocycles. The number of benzene rings is 1. The van der Waals surface area contributed by atoms with Crippen LogP contribution in [0.2, 0.25) is 0 Å². The highest BCUT2D eigenvalue weighted by atomic mass is 16.4. The van der Waals surface area contributed by atoms with Crippen molar-refractivity contribution in [1.82, 2.24) is 14.5 Å². The number of rotatable bonds is 5.